The van der Waals surface area contributed by atoms with E-state index in [4.69, 9.17) is 9.84 Å². The van der Waals surface area contributed by atoms with Crippen LogP contribution in [0.1, 0.15) is 59.8 Å². The molecule has 0 spiro atoms. The molecule has 10 heteroatoms. The summed E-state index contributed by atoms with van der Waals surface area (Å²) in [6.45, 7) is 7.22. The summed E-state index contributed by atoms with van der Waals surface area (Å²) >= 11 is 1.60. The number of hydrogen-bond acceptors (Lipinski definition) is 6. The molecule has 0 saturated heterocycles. The molecule has 4 N–H and O–H groups in total. The topological polar surface area (TPSA) is 134 Å². The number of ether oxygens (including phenoxy) is 1. The van der Waals surface area contributed by atoms with Crippen LogP contribution in [0, 0.1) is 11.8 Å². The van der Waals surface area contributed by atoms with Crippen LogP contribution in [0.15, 0.2) is 0 Å². The summed E-state index contributed by atoms with van der Waals surface area (Å²) < 4.78 is 5.26. The van der Waals surface area contributed by atoms with Gasteiger partial charge in [0.15, 0.2) is 0 Å². The van der Waals surface area contributed by atoms with E-state index in [0.29, 0.717) is 25.8 Å². The van der Waals surface area contributed by atoms with Gasteiger partial charge in [0, 0.05) is 12.5 Å². The Hall–Kier alpha value is -1.97. The molecule has 2 atom stereocenters. The van der Waals surface area contributed by atoms with E-state index in [1.54, 1.807) is 32.5 Å². The average molecular weight is 460 g/mol. The Balaban J connectivity index is 2.47. The molecule has 0 radical (unpaired) electrons. The lowest BCUT2D eigenvalue weighted by molar-refractivity contribution is -0.142. The number of carboxylic acids is 1. The molecule has 0 aromatic heterocycles. The van der Waals surface area contributed by atoms with Crippen molar-refractivity contribution in [2.75, 3.05) is 18.6 Å². The number of carboxylic acid groups (broad SMARTS) is 1. The van der Waals surface area contributed by atoms with Gasteiger partial charge in [-0.1, -0.05) is 0 Å². The highest BCUT2D eigenvalue weighted by molar-refractivity contribution is 7.98. The number of nitrogens with one attached hydrogen (secondary N) is 3. The Morgan fingerprint density at radius 1 is 1.10 bits per heavy atom. The summed E-state index contributed by atoms with van der Waals surface area (Å²) in [7, 11) is 0. The molecule has 1 rings (SSSR count). The molecule has 3 amide bonds. The van der Waals surface area contributed by atoms with Gasteiger partial charge in [-0.2, -0.15) is 11.8 Å². The number of rotatable bonds is 10. The van der Waals surface area contributed by atoms with E-state index in [9.17, 15) is 19.2 Å². The second-order valence-electron chi connectivity index (χ2n) is 9.01. The molecule has 0 aromatic carbocycles. The van der Waals surface area contributed by atoms with Crippen molar-refractivity contribution in [3.8, 4) is 0 Å². The molecular formula is C21H37N3O6S. The molecule has 9 nitrogen and oxygen atoms in total. The van der Waals surface area contributed by atoms with Crippen LogP contribution in [0.2, 0.25) is 0 Å². The minimum Gasteiger partial charge on any atom is -0.480 e. The largest absolute Gasteiger partial charge is 0.480 e. The molecule has 2 unspecified atom stereocenters. The third-order valence-corrected chi connectivity index (χ3v) is 5.77. The standard InChI is InChI=1S/C21H37N3O6S/c1-13(19(27)28)23-17(25)15-8-6-14(7-9-15)12-22-18(26)16(10-11-31-5)24-20(29)30-21(2,3)4/h13-16H,6-12H2,1-5H3,(H,22,26)(H,23,25)(H,24,29)(H,27,28). The van der Waals surface area contributed by atoms with Gasteiger partial charge in [0.1, 0.15) is 17.7 Å². The molecule has 0 heterocycles. The summed E-state index contributed by atoms with van der Waals surface area (Å²) in [6.07, 6.45) is 4.68. The number of alkyl carbamates (subject to hydrolysis) is 1. The first kappa shape index (κ1) is 27.1. The van der Waals surface area contributed by atoms with Crippen LogP contribution in [0.3, 0.4) is 0 Å². The Morgan fingerprint density at radius 2 is 1.71 bits per heavy atom. The second kappa shape index (κ2) is 12.8. The van der Waals surface area contributed by atoms with Gasteiger partial charge in [-0.3, -0.25) is 14.4 Å². The van der Waals surface area contributed by atoms with Crippen LogP contribution in [-0.4, -0.2) is 65.2 Å². The summed E-state index contributed by atoms with van der Waals surface area (Å²) in [6, 6.07) is -1.57. The van der Waals surface area contributed by atoms with Crippen LogP contribution in [0.4, 0.5) is 4.79 Å². The number of carbonyl (C=O) groups is 4. The van der Waals surface area contributed by atoms with Crippen LogP contribution in [-0.2, 0) is 19.1 Å². The van der Waals surface area contributed by atoms with Gasteiger partial charge in [-0.15, -0.1) is 0 Å². The second-order valence-corrected chi connectivity index (χ2v) is 10.00. The zero-order chi connectivity index (χ0) is 23.6. The number of hydrogen-bond donors (Lipinski definition) is 4. The predicted octanol–water partition coefficient (Wildman–Crippen LogP) is 2.14. The van der Waals surface area contributed by atoms with Gasteiger partial charge < -0.3 is 25.8 Å². The SMILES string of the molecule is CSCCC(NC(=O)OC(C)(C)C)C(=O)NCC1CCC(C(=O)NC(C)C(=O)O)CC1. The fourth-order valence-corrected chi connectivity index (χ4v) is 3.82. The lowest BCUT2D eigenvalue weighted by Gasteiger charge is -2.29. The zero-order valence-corrected chi connectivity index (χ0v) is 20.0. The van der Waals surface area contributed by atoms with E-state index >= 15 is 0 Å². The highest BCUT2D eigenvalue weighted by atomic mass is 32.2. The molecule has 0 aliphatic heterocycles. The molecule has 178 valence electrons. The lowest BCUT2D eigenvalue weighted by Crippen LogP contribution is -2.49. The van der Waals surface area contributed by atoms with Crippen molar-refractivity contribution in [3.63, 3.8) is 0 Å². The Kier molecular flexibility index (Phi) is 11.2. The summed E-state index contributed by atoms with van der Waals surface area (Å²) in [5.41, 5.74) is -0.641. The third-order valence-electron chi connectivity index (χ3n) is 5.13. The van der Waals surface area contributed by atoms with Crippen LogP contribution >= 0.6 is 11.8 Å². The maximum absolute atomic E-state index is 12.6. The van der Waals surface area contributed by atoms with Gasteiger partial charge in [-0.05, 0) is 77.7 Å². The molecule has 1 aliphatic rings. The molecule has 0 aromatic rings. The quantitative estimate of drug-likeness (QED) is 0.393. The van der Waals surface area contributed by atoms with E-state index in [1.807, 2.05) is 6.26 Å². The van der Waals surface area contributed by atoms with E-state index in [-0.39, 0.29) is 23.7 Å². The number of carbonyl (C=O) groups excluding carboxylic acids is 3. The van der Waals surface area contributed by atoms with E-state index in [1.165, 1.54) is 6.92 Å². The molecule has 0 bridgehead atoms. The van der Waals surface area contributed by atoms with Crippen molar-refractivity contribution >= 4 is 35.6 Å². The lowest BCUT2D eigenvalue weighted by atomic mass is 9.81. The zero-order valence-electron chi connectivity index (χ0n) is 19.2. The van der Waals surface area contributed by atoms with E-state index < -0.39 is 29.7 Å². The number of thioether (sulfide) groups is 1. The predicted molar refractivity (Wildman–Crippen MR) is 120 cm³/mol. The van der Waals surface area contributed by atoms with Gasteiger partial charge >= 0.3 is 12.1 Å². The Labute approximate surface area is 188 Å². The monoisotopic (exact) mass is 459 g/mol. The Morgan fingerprint density at radius 3 is 2.23 bits per heavy atom. The highest BCUT2D eigenvalue weighted by Crippen LogP contribution is 2.28. The molecule has 31 heavy (non-hydrogen) atoms. The minimum atomic E-state index is -1.05. The maximum Gasteiger partial charge on any atom is 0.408 e. The highest BCUT2D eigenvalue weighted by Gasteiger charge is 2.29. The fraction of sp³-hybridized carbons (Fsp3) is 0.810. The normalized spacial score (nSPS) is 20.8. The van der Waals surface area contributed by atoms with Crippen molar-refractivity contribution in [1.29, 1.82) is 0 Å². The number of aliphatic carboxylic acids is 1. The summed E-state index contributed by atoms with van der Waals surface area (Å²) in [4.78, 5) is 47.8. The van der Waals surface area contributed by atoms with Crippen molar-refractivity contribution in [3.05, 3.63) is 0 Å². The average Bonchev–Trinajstić information content (AvgIpc) is 2.68. The molecule has 1 fully saturated rings. The molecular weight excluding hydrogens is 422 g/mol. The maximum atomic E-state index is 12.6. The van der Waals surface area contributed by atoms with Gasteiger partial charge in [0.25, 0.3) is 0 Å². The summed E-state index contributed by atoms with van der Waals surface area (Å²) in [5.74, 6) is -0.750. The van der Waals surface area contributed by atoms with Gasteiger partial charge in [0.05, 0.1) is 0 Å². The molecule has 1 aliphatic carbocycles. The first-order valence-corrected chi connectivity index (χ1v) is 12.1. The minimum absolute atomic E-state index is 0.197. The summed E-state index contributed by atoms with van der Waals surface area (Å²) in [5, 5.41) is 17.0. The first-order chi connectivity index (χ1) is 14.4. The van der Waals surface area contributed by atoms with Gasteiger partial charge in [-0.25, -0.2) is 4.79 Å². The fourth-order valence-electron chi connectivity index (χ4n) is 3.34. The van der Waals surface area contributed by atoms with Crippen molar-refractivity contribution in [1.82, 2.24) is 16.0 Å². The van der Waals surface area contributed by atoms with E-state index in [0.717, 1.165) is 18.6 Å². The first-order valence-electron chi connectivity index (χ1n) is 10.7. The number of amides is 3. The van der Waals surface area contributed by atoms with Crippen molar-refractivity contribution in [2.24, 2.45) is 11.8 Å². The smallest absolute Gasteiger partial charge is 0.408 e. The van der Waals surface area contributed by atoms with E-state index in [2.05, 4.69) is 16.0 Å². The van der Waals surface area contributed by atoms with Crippen LogP contribution in [0.5, 0.6) is 0 Å². The van der Waals surface area contributed by atoms with Gasteiger partial charge in [0.2, 0.25) is 11.8 Å². The Bertz CT molecular complexity index is 629. The third kappa shape index (κ3) is 10.8. The van der Waals surface area contributed by atoms with Crippen molar-refractivity contribution < 1.29 is 29.0 Å². The molecule has 1 saturated carbocycles. The van der Waals surface area contributed by atoms with Crippen molar-refractivity contribution in [2.45, 2.75) is 77.5 Å². The van der Waals surface area contributed by atoms with Crippen LogP contribution in [0.25, 0.3) is 0 Å². The van der Waals surface area contributed by atoms with Crippen LogP contribution < -0.4 is 16.0 Å².